The van der Waals surface area contributed by atoms with E-state index >= 15 is 0 Å². The van der Waals surface area contributed by atoms with Gasteiger partial charge in [0.1, 0.15) is 0 Å². The highest BCUT2D eigenvalue weighted by molar-refractivity contribution is 5.95. The van der Waals surface area contributed by atoms with Crippen LogP contribution < -0.4 is 0 Å². The molecule has 1 aromatic carbocycles. The second kappa shape index (κ2) is 7.40. The van der Waals surface area contributed by atoms with Gasteiger partial charge in [-0.25, -0.2) is 4.68 Å². The highest BCUT2D eigenvalue weighted by atomic mass is 16.3. The number of carbonyl (C=O) groups is 1. The quantitative estimate of drug-likeness (QED) is 0.909. The van der Waals surface area contributed by atoms with E-state index in [0.717, 1.165) is 37.1 Å². The van der Waals surface area contributed by atoms with Gasteiger partial charge in [0.15, 0.2) is 0 Å². The molecular formula is C20H27N3O2. The first-order chi connectivity index (χ1) is 12.1. The summed E-state index contributed by atoms with van der Waals surface area (Å²) in [5.41, 5.74) is 2.60. The molecule has 1 fully saturated rings. The molecule has 0 unspecified atom stereocenters. The average Bonchev–Trinajstić information content (AvgIpc) is 3.12. The molecule has 3 rings (SSSR count). The van der Waals surface area contributed by atoms with Crippen molar-refractivity contribution in [2.24, 2.45) is 5.41 Å². The molecule has 0 saturated carbocycles. The minimum Gasteiger partial charge on any atom is -0.396 e. The zero-order valence-electron chi connectivity index (χ0n) is 15.1. The van der Waals surface area contributed by atoms with Crippen LogP contribution in [-0.2, 0) is 6.42 Å². The van der Waals surface area contributed by atoms with E-state index in [1.54, 1.807) is 6.20 Å². The zero-order valence-corrected chi connectivity index (χ0v) is 15.1. The van der Waals surface area contributed by atoms with Gasteiger partial charge in [0, 0.05) is 19.7 Å². The standard InChI is InChI=1S/C20H27N3O2/c1-3-18-17(14-21-23(18)16-8-6-5-7-9-16)19(25)22-12-10-20(4-2,15-24)11-13-22/h5-9,14,24H,3-4,10-13,15H2,1-2H3. The first kappa shape index (κ1) is 17.7. The summed E-state index contributed by atoms with van der Waals surface area (Å²) in [5, 5.41) is 14.1. The van der Waals surface area contributed by atoms with E-state index in [1.165, 1.54) is 0 Å². The minimum atomic E-state index is -0.0153. The van der Waals surface area contributed by atoms with Gasteiger partial charge in [-0.2, -0.15) is 5.10 Å². The van der Waals surface area contributed by atoms with Gasteiger partial charge < -0.3 is 10.0 Å². The molecule has 5 nitrogen and oxygen atoms in total. The number of benzene rings is 1. The first-order valence-corrected chi connectivity index (χ1v) is 9.16. The summed E-state index contributed by atoms with van der Waals surface area (Å²) >= 11 is 0. The summed E-state index contributed by atoms with van der Waals surface area (Å²) in [6.45, 7) is 5.78. The van der Waals surface area contributed by atoms with E-state index in [2.05, 4.69) is 18.9 Å². The first-order valence-electron chi connectivity index (χ1n) is 9.16. The molecule has 2 aromatic rings. The SMILES string of the molecule is CCc1c(C(=O)N2CCC(CC)(CO)CC2)cnn1-c1ccccc1. The third kappa shape index (κ3) is 3.33. The Morgan fingerprint density at radius 2 is 1.88 bits per heavy atom. The number of hydrogen-bond donors (Lipinski definition) is 1. The molecule has 25 heavy (non-hydrogen) atoms. The smallest absolute Gasteiger partial charge is 0.257 e. The number of aromatic nitrogens is 2. The lowest BCUT2D eigenvalue weighted by Gasteiger charge is -2.40. The summed E-state index contributed by atoms with van der Waals surface area (Å²) in [5.74, 6) is 0.0571. The molecule has 0 bridgehead atoms. The maximum atomic E-state index is 13.0. The Balaban J connectivity index is 1.81. The molecular weight excluding hydrogens is 314 g/mol. The fourth-order valence-electron chi connectivity index (χ4n) is 3.66. The van der Waals surface area contributed by atoms with Gasteiger partial charge in [0.25, 0.3) is 5.91 Å². The minimum absolute atomic E-state index is 0.0153. The van der Waals surface area contributed by atoms with Crippen LogP contribution in [0.15, 0.2) is 36.5 Å². The van der Waals surface area contributed by atoms with Gasteiger partial charge in [0.05, 0.1) is 23.1 Å². The Bertz CT molecular complexity index is 710. The molecule has 1 aliphatic rings. The van der Waals surface area contributed by atoms with Crippen LogP contribution in [0.25, 0.3) is 5.69 Å². The Kier molecular flexibility index (Phi) is 5.23. The molecule has 0 spiro atoms. The summed E-state index contributed by atoms with van der Waals surface area (Å²) in [6.07, 6.45) is 5.12. The third-order valence-electron chi connectivity index (χ3n) is 5.63. The number of para-hydroxylation sites is 1. The van der Waals surface area contributed by atoms with Crippen LogP contribution >= 0.6 is 0 Å². The largest absolute Gasteiger partial charge is 0.396 e. The number of hydrogen-bond acceptors (Lipinski definition) is 3. The van der Waals surface area contributed by atoms with Crippen molar-refractivity contribution in [2.45, 2.75) is 39.5 Å². The normalized spacial score (nSPS) is 16.8. The molecule has 134 valence electrons. The van der Waals surface area contributed by atoms with E-state index in [0.29, 0.717) is 18.7 Å². The van der Waals surface area contributed by atoms with Crippen molar-refractivity contribution < 1.29 is 9.90 Å². The zero-order chi connectivity index (χ0) is 17.9. The lowest BCUT2D eigenvalue weighted by atomic mass is 9.77. The Labute approximate surface area is 149 Å². The molecule has 2 heterocycles. The van der Waals surface area contributed by atoms with Gasteiger partial charge in [-0.05, 0) is 43.2 Å². The van der Waals surface area contributed by atoms with Gasteiger partial charge >= 0.3 is 0 Å². The summed E-state index contributed by atoms with van der Waals surface area (Å²) in [6, 6.07) is 9.92. The predicted octanol–water partition coefficient (Wildman–Crippen LogP) is 3.06. The van der Waals surface area contributed by atoms with Crippen LogP contribution in [0.4, 0.5) is 0 Å². The summed E-state index contributed by atoms with van der Waals surface area (Å²) in [7, 11) is 0. The number of carbonyl (C=O) groups excluding carboxylic acids is 1. The van der Waals surface area contributed by atoms with Crippen LogP contribution in [0.3, 0.4) is 0 Å². The summed E-state index contributed by atoms with van der Waals surface area (Å²) in [4.78, 5) is 14.9. The van der Waals surface area contributed by atoms with Gasteiger partial charge in [-0.3, -0.25) is 4.79 Å². The van der Waals surface area contributed by atoms with Crippen molar-refractivity contribution in [1.29, 1.82) is 0 Å². The van der Waals surface area contributed by atoms with E-state index in [9.17, 15) is 9.90 Å². The molecule has 1 aromatic heterocycles. The fraction of sp³-hybridized carbons (Fsp3) is 0.500. The Morgan fingerprint density at radius 1 is 1.20 bits per heavy atom. The van der Waals surface area contributed by atoms with Crippen LogP contribution in [0, 0.1) is 5.41 Å². The number of likely N-dealkylation sites (tertiary alicyclic amines) is 1. The fourth-order valence-corrected chi connectivity index (χ4v) is 3.66. The maximum Gasteiger partial charge on any atom is 0.257 e. The topological polar surface area (TPSA) is 58.4 Å². The lowest BCUT2D eigenvalue weighted by molar-refractivity contribution is 0.0337. The number of piperidine rings is 1. The van der Waals surface area contributed by atoms with E-state index in [-0.39, 0.29) is 17.9 Å². The molecule has 5 heteroatoms. The van der Waals surface area contributed by atoms with Crippen LogP contribution in [-0.4, -0.2) is 45.4 Å². The van der Waals surface area contributed by atoms with Crippen molar-refractivity contribution in [3.8, 4) is 5.69 Å². The van der Waals surface area contributed by atoms with Crippen molar-refractivity contribution >= 4 is 5.91 Å². The average molecular weight is 341 g/mol. The van der Waals surface area contributed by atoms with Crippen LogP contribution in [0.5, 0.6) is 0 Å². The lowest BCUT2D eigenvalue weighted by Crippen LogP contribution is -2.44. The maximum absolute atomic E-state index is 13.0. The van der Waals surface area contributed by atoms with Crippen molar-refractivity contribution in [3.63, 3.8) is 0 Å². The molecule has 1 saturated heterocycles. The molecule has 0 aliphatic carbocycles. The molecule has 1 aliphatic heterocycles. The molecule has 0 radical (unpaired) electrons. The van der Waals surface area contributed by atoms with Crippen molar-refractivity contribution in [1.82, 2.24) is 14.7 Å². The number of amides is 1. The van der Waals surface area contributed by atoms with Crippen molar-refractivity contribution in [2.75, 3.05) is 19.7 Å². The molecule has 1 N–H and O–H groups in total. The van der Waals surface area contributed by atoms with E-state index < -0.39 is 0 Å². The monoisotopic (exact) mass is 341 g/mol. The van der Waals surface area contributed by atoms with E-state index in [4.69, 9.17) is 0 Å². The number of aliphatic hydroxyl groups excluding tert-OH is 1. The van der Waals surface area contributed by atoms with E-state index in [1.807, 2.05) is 39.9 Å². The Hall–Kier alpha value is -2.14. The highest BCUT2D eigenvalue weighted by Crippen LogP contribution is 2.34. The summed E-state index contributed by atoms with van der Waals surface area (Å²) < 4.78 is 1.86. The second-order valence-corrected chi connectivity index (χ2v) is 6.91. The number of nitrogens with zero attached hydrogens (tertiary/aromatic N) is 3. The number of rotatable bonds is 5. The molecule has 1 amide bonds. The highest BCUT2D eigenvalue weighted by Gasteiger charge is 2.35. The van der Waals surface area contributed by atoms with Crippen LogP contribution in [0.1, 0.15) is 49.2 Å². The van der Waals surface area contributed by atoms with Gasteiger partial charge in [0.2, 0.25) is 0 Å². The Morgan fingerprint density at radius 3 is 2.44 bits per heavy atom. The third-order valence-corrected chi connectivity index (χ3v) is 5.63. The van der Waals surface area contributed by atoms with Gasteiger partial charge in [-0.15, -0.1) is 0 Å². The van der Waals surface area contributed by atoms with Crippen molar-refractivity contribution in [3.05, 3.63) is 47.8 Å². The number of aliphatic hydroxyl groups is 1. The second-order valence-electron chi connectivity index (χ2n) is 6.91. The molecule has 0 atom stereocenters. The van der Waals surface area contributed by atoms with Crippen LogP contribution in [0.2, 0.25) is 0 Å². The predicted molar refractivity (Wildman–Crippen MR) is 97.9 cm³/mol. The van der Waals surface area contributed by atoms with Gasteiger partial charge in [-0.1, -0.05) is 32.0 Å².